The van der Waals surface area contributed by atoms with Gasteiger partial charge in [-0.2, -0.15) is 5.10 Å². The zero-order valence-corrected chi connectivity index (χ0v) is 19.6. The molecule has 0 radical (unpaired) electrons. The lowest BCUT2D eigenvalue weighted by molar-refractivity contribution is -0.183. The van der Waals surface area contributed by atoms with Gasteiger partial charge in [0, 0.05) is 24.7 Å². The zero-order chi connectivity index (χ0) is 23.1. The van der Waals surface area contributed by atoms with E-state index in [-0.39, 0.29) is 23.7 Å². The molecule has 1 saturated heterocycles. The summed E-state index contributed by atoms with van der Waals surface area (Å²) in [6.07, 6.45) is 8.74. The first-order valence-corrected chi connectivity index (χ1v) is 11.9. The van der Waals surface area contributed by atoms with Crippen LogP contribution in [0.1, 0.15) is 60.8 Å². The minimum atomic E-state index is -0.355. The number of carbonyl (C=O) groups is 1. The molecule has 0 unspecified atom stereocenters. The number of carbonyl (C=O) groups excluding carboxylic acids is 1. The third-order valence-corrected chi connectivity index (χ3v) is 7.10. The highest BCUT2D eigenvalue weighted by atomic mass is 35.5. The normalized spacial score (nSPS) is 23.4. The number of rotatable bonds is 4. The van der Waals surface area contributed by atoms with Crippen LogP contribution in [0.4, 0.5) is 4.39 Å². The summed E-state index contributed by atoms with van der Waals surface area (Å²) in [5.74, 6) is 0.748. The average molecular weight is 472 g/mol. The van der Waals surface area contributed by atoms with Crippen molar-refractivity contribution in [2.24, 2.45) is 11.8 Å². The quantitative estimate of drug-likeness (QED) is 0.547. The summed E-state index contributed by atoms with van der Waals surface area (Å²) in [4.78, 5) is 27.4. The number of hydroxylamine groups is 2. The van der Waals surface area contributed by atoms with Crippen LogP contribution in [0.2, 0.25) is 5.02 Å². The van der Waals surface area contributed by atoms with Crippen LogP contribution in [0.3, 0.4) is 0 Å². The van der Waals surface area contributed by atoms with Gasteiger partial charge in [0.15, 0.2) is 5.65 Å². The number of aryl methyl sites for hydroxylation is 2. The van der Waals surface area contributed by atoms with Gasteiger partial charge in [-0.05, 0) is 75.1 Å². The van der Waals surface area contributed by atoms with Crippen LogP contribution in [0.15, 0.2) is 24.5 Å². The van der Waals surface area contributed by atoms with Gasteiger partial charge < -0.3 is 0 Å². The van der Waals surface area contributed by atoms with Gasteiger partial charge in [0.25, 0.3) is 0 Å². The summed E-state index contributed by atoms with van der Waals surface area (Å²) >= 11 is 6.40. The van der Waals surface area contributed by atoms with E-state index in [4.69, 9.17) is 16.4 Å². The highest BCUT2D eigenvalue weighted by molar-refractivity contribution is 6.33. The molecule has 1 aliphatic heterocycles. The fraction of sp³-hybridized carbons (Fsp3) is 0.500. The number of hydrogen-bond donors (Lipinski definition) is 0. The largest absolute Gasteiger partial charge is 0.272 e. The Balaban J connectivity index is 1.21. The van der Waals surface area contributed by atoms with Crippen molar-refractivity contribution in [2.75, 3.05) is 6.61 Å². The molecule has 174 valence electrons. The Kier molecular flexibility index (Phi) is 6.05. The molecule has 1 amide bonds. The fourth-order valence-corrected chi connectivity index (χ4v) is 5.30. The molecule has 3 aromatic rings. The molecule has 0 bridgehead atoms. The van der Waals surface area contributed by atoms with E-state index in [0.29, 0.717) is 46.7 Å². The second kappa shape index (κ2) is 8.99. The molecule has 1 saturated carbocycles. The van der Waals surface area contributed by atoms with E-state index in [1.54, 1.807) is 17.6 Å². The molecule has 3 aromatic heterocycles. The van der Waals surface area contributed by atoms with Crippen molar-refractivity contribution in [1.82, 2.24) is 24.6 Å². The number of fused-ring (bicyclic) bond motifs is 1. The van der Waals surface area contributed by atoms with Crippen LogP contribution in [-0.4, -0.2) is 37.2 Å². The summed E-state index contributed by atoms with van der Waals surface area (Å²) in [6.45, 7) is 3.93. The second-order valence-electron chi connectivity index (χ2n) is 9.18. The Bertz CT molecular complexity index is 1190. The molecule has 1 atom stereocenters. The Hall–Kier alpha value is -2.58. The van der Waals surface area contributed by atoms with E-state index < -0.39 is 0 Å². The molecule has 5 rings (SSSR count). The van der Waals surface area contributed by atoms with Crippen LogP contribution >= 0.6 is 11.6 Å². The molecule has 4 heterocycles. The Labute approximate surface area is 196 Å². The van der Waals surface area contributed by atoms with E-state index in [0.717, 1.165) is 37.7 Å². The van der Waals surface area contributed by atoms with Gasteiger partial charge in [0.05, 0.1) is 23.4 Å². The SMILES string of the molecule is Cc1nc2c(Cl)cc(CC3CCC(C(=O)N4OCC[C@H]4c4cnc(C)c(F)c4)CC3)cn2n1. The van der Waals surface area contributed by atoms with Crippen LogP contribution in [0.25, 0.3) is 5.65 Å². The standard InChI is InChI=1S/C24H27ClFN5O2/c1-14-21(26)11-19(12-27-14)22-7-8-33-31(22)24(32)18-5-3-16(4-6-18)9-17-10-20(25)23-28-15(2)29-30(23)13-17/h10-13,16,18,22H,3-9H2,1-2H3/t16?,18?,22-/m0/s1. The molecule has 7 nitrogen and oxygen atoms in total. The number of hydrogen-bond acceptors (Lipinski definition) is 5. The Morgan fingerprint density at radius 2 is 2.00 bits per heavy atom. The van der Waals surface area contributed by atoms with Crippen molar-refractivity contribution < 1.29 is 14.0 Å². The van der Waals surface area contributed by atoms with Crippen LogP contribution in [0, 0.1) is 31.5 Å². The fourth-order valence-electron chi connectivity index (χ4n) is 5.04. The minimum Gasteiger partial charge on any atom is -0.272 e. The summed E-state index contributed by atoms with van der Waals surface area (Å²) in [5.41, 5.74) is 2.85. The first-order valence-electron chi connectivity index (χ1n) is 11.5. The molecule has 0 aromatic carbocycles. The first kappa shape index (κ1) is 22.2. The van der Waals surface area contributed by atoms with E-state index in [1.165, 1.54) is 11.1 Å². The molecule has 1 aliphatic carbocycles. The number of halogens is 2. The number of pyridine rings is 2. The van der Waals surface area contributed by atoms with Gasteiger partial charge in [-0.1, -0.05) is 11.6 Å². The molecule has 33 heavy (non-hydrogen) atoms. The van der Waals surface area contributed by atoms with Gasteiger partial charge >= 0.3 is 0 Å². The lowest BCUT2D eigenvalue weighted by Gasteiger charge is -2.32. The lowest BCUT2D eigenvalue weighted by atomic mass is 9.79. The summed E-state index contributed by atoms with van der Waals surface area (Å²) in [6, 6.07) is 3.16. The Morgan fingerprint density at radius 1 is 1.21 bits per heavy atom. The van der Waals surface area contributed by atoms with Gasteiger partial charge in [-0.15, -0.1) is 0 Å². The topological polar surface area (TPSA) is 72.6 Å². The molecule has 0 N–H and O–H groups in total. The maximum Gasteiger partial charge on any atom is 0.249 e. The summed E-state index contributed by atoms with van der Waals surface area (Å²) in [7, 11) is 0. The van der Waals surface area contributed by atoms with Crippen LogP contribution in [0.5, 0.6) is 0 Å². The molecule has 2 aliphatic rings. The van der Waals surface area contributed by atoms with Crippen molar-refractivity contribution in [3.63, 3.8) is 0 Å². The zero-order valence-electron chi connectivity index (χ0n) is 18.8. The maximum absolute atomic E-state index is 14.0. The van der Waals surface area contributed by atoms with E-state index in [2.05, 4.69) is 15.1 Å². The van der Waals surface area contributed by atoms with E-state index >= 15 is 0 Å². The van der Waals surface area contributed by atoms with Crippen molar-refractivity contribution in [1.29, 1.82) is 0 Å². The maximum atomic E-state index is 14.0. The molecular formula is C24H27ClFN5O2. The summed E-state index contributed by atoms with van der Waals surface area (Å²) < 4.78 is 15.8. The van der Waals surface area contributed by atoms with Gasteiger partial charge in [-0.25, -0.2) is 19.0 Å². The van der Waals surface area contributed by atoms with Crippen molar-refractivity contribution >= 4 is 23.2 Å². The minimum absolute atomic E-state index is 0.000474. The smallest absolute Gasteiger partial charge is 0.249 e. The van der Waals surface area contributed by atoms with Crippen molar-refractivity contribution in [2.45, 2.75) is 58.4 Å². The Morgan fingerprint density at radius 3 is 2.76 bits per heavy atom. The highest BCUT2D eigenvalue weighted by Crippen LogP contribution is 2.37. The third kappa shape index (κ3) is 4.46. The number of amides is 1. The van der Waals surface area contributed by atoms with Crippen LogP contribution < -0.4 is 0 Å². The van der Waals surface area contributed by atoms with E-state index in [9.17, 15) is 9.18 Å². The van der Waals surface area contributed by atoms with E-state index in [1.807, 2.05) is 19.2 Å². The second-order valence-corrected chi connectivity index (χ2v) is 9.59. The van der Waals surface area contributed by atoms with Crippen LogP contribution in [-0.2, 0) is 16.1 Å². The average Bonchev–Trinajstić information content (AvgIpc) is 3.42. The van der Waals surface area contributed by atoms with Gasteiger partial charge in [0.1, 0.15) is 11.6 Å². The molecule has 0 spiro atoms. The van der Waals surface area contributed by atoms with Gasteiger partial charge in [-0.3, -0.25) is 14.6 Å². The summed E-state index contributed by atoms with van der Waals surface area (Å²) in [5, 5.41) is 6.46. The predicted molar refractivity (Wildman–Crippen MR) is 121 cm³/mol. The lowest BCUT2D eigenvalue weighted by Crippen LogP contribution is -2.36. The molecule has 9 heteroatoms. The number of aromatic nitrogens is 4. The first-order chi connectivity index (χ1) is 15.9. The number of nitrogens with zero attached hydrogens (tertiary/aromatic N) is 5. The predicted octanol–water partition coefficient (Wildman–Crippen LogP) is 4.79. The van der Waals surface area contributed by atoms with Crippen molar-refractivity contribution in [3.8, 4) is 0 Å². The molecular weight excluding hydrogens is 445 g/mol. The monoisotopic (exact) mass is 471 g/mol. The highest BCUT2D eigenvalue weighted by Gasteiger charge is 2.37. The third-order valence-electron chi connectivity index (χ3n) is 6.82. The van der Waals surface area contributed by atoms with Crippen molar-refractivity contribution in [3.05, 3.63) is 58.0 Å². The van der Waals surface area contributed by atoms with Gasteiger partial charge in [0.2, 0.25) is 5.91 Å². The molecule has 2 fully saturated rings.